The van der Waals surface area contributed by atoms with Crippen molar-refractivity contribution in [3.05, 3.63) is 48.1 Å². The number of carbonyl (C=O) groups excluding carboxylic acids is 1. The summed E-state index contributed by atoms with van der Waals surface area (Å²) in [4.78, 5) is 30.7. The SMILES string of the molecule is O=C(O)C1CCCC2C1CCCN2C(=O)C1CC1c1c[nH]c2cccc(-c3ccc(F)o3)c12. The lowest BCUT2D eigenvalue weighted by molar-refractivity contribution is -0.152. The van der Waals surface area contributed by atoms with E-state index in [0.29, 0.717) is 5.76 Å². The molecule has 2 aliphatic carbocycles. The Morgan fingerprint density at radius 3 is 2.76 bits per heavy atom. The third kappa shape index (κ3) is 3.36. The first-order chi connectivity index (χ1) is 16.0. The monoisotopic (exact) mass is 450 g/mol. The van der Waals surface area contributed by atoms with E-state index in [1.54, 1.807) is 6.07 Å². The van der Waals surface area contributed by atoms with Gasteiger partial charge in [0.05, 0.1) is 5.92 Å². The van der Waals surface area contributed by atoms with Gasteiger partial charge in [-0.25, -0.2) is 0 Å². The summed E-state index contributed by atoms with van der Waals surface area (Å²) in [6.07, 6.45) is 6.99. The summed E-state index contributed by atoms with van der Waals surface area (Å²) >= 11 is 0. The van der Waals surface area contributed by atoms with Crippen molar-refractivity contribution in [1.29, 1.82) is 0 Å². The van der Waals surface area contributed by atoms with Crippen molar-refractivity contribution in [3.8, 4) is 11.3 Å². The molecule has 3 aromatic rings. The lowest BCUT2D eigenvalue weighted by atomic mass is 9.71. The maximum Gasteiger partial charge on any atom is 0.306 e. The number of carboxylic acids is 1. The molecule has 2 aromatic heterocycles. The van der Waals surface area contributed by atoms with E-state index in [4.69, 9.17) is 4.42 Å². The Kier molecular flexibility index (Phi) is 4.82. The first-order valence-electron chi connectivity index (χ1n) is 11.9. The number of carboxylic acid groups (broad SMARTS) is 1. The normalized spacial score (nSPS) is 29.1. The van der Waals surface area contributed by atoms with Gasteiger partial charge in [0, 0.05) is 47.2 Å². The highest BCUT2D eigenvalue weighted by Crippen LogP contribution is 2.53. The van der Waals surface area contributed by atoms with E-state index in [0.717, 1.165) is 67.1 Å². The van der Waals surface area contributed by atoms with Gasteiger partial charge in [0.25, 0.3) is 6.01 Å². The van der Waals surface area contributed by atoms with E-state index in [2.05, 4.69) is 4.98 Å². The molecule has 0 radical (unpaired) electrons. The number of benzene rings is 1. The number of furan rings is 1. The van der Waals surface area contributed by atoms with Gasteiger partial charge in [0.2, 0.25) is 5.91 Å². The molecular formula is C26H27FN2O4. The minimum atomic E-state index is -0.719. The third-order valence-corrected chi connectivity index (χ3v) is 8.05. The number of H-pyrrole nitrogens is 1. The van der Waals surface area contributed by atoms with Crippen molar-refractivity contribution in [1.82, 2.24) is 9.88 Å². The van der Waals surface area contributed by atoms with Crippen molar-refractivity contribution in [2.24, 2.45) is 17.8 Å². The number of nitrogens with one attached hydrogen (secondary N) is 1. The van der Waals surface area contributed by atoms with Crippen LogP contribution in [0.5, 0.6) is 0 Å². The Hall–Kier alpha value is -3.09. The number of hydrogen-bond donors (Lipinski definition) is 2. The Bertz CT molecular complexity index is 1230. The van der Waals surface area contributed by atoms with Crippen LogP contribution in [-0.4, -0.2) is 39.5 Å². The van der Waals surface area contributed by atoms with Gasteiger partial charge in [0.15, 0.2) is 0 Å². The van der Waals surface area contributed by atoms with E-state index in [9.17, 15) is 19.1 Å². The van der Waals surface area contributed by atoms with Crippen LogP contribution in [0.2, 0.25) is 0 Å². The Morgan fingerprint density at radius 1 is 1.09 bits per heavy atom. The van der Waals surface area contributed by atoms with Gasteiger partial charge < -0.3 is 19.4 Å². The smallest absolute Gasteiger partial charge is 0.306 e. The average molecular weight is 451 g/mol. The van der Waals surface area contributed by atoms with Crippen LogP contribution in [0.1, 0.15) is 50.0 Å². The minimum absolute atomic E-state index is 0.0481. The molecule has 2 N–H and O–H groups in total. The second-order valence-corrected chi connectivity index (χ2v) is 9.81. The number of rotatable bonds is 4. The number of aromatic amines is 1. The fourth-order valence-corrected chi connectivity index (χ4v) is 6.46. The highest BCUT2D eigenvalue weighted by Gasteiger charge is 2.51. The second kappa shape index (κ2) is 7.75. The maximum absolute atomic E-state index is 13.6. The Balaban J connectivity index is 1.27. The second-order valence-electron chi connectivity index (χ2n) is 9.81. The van der Waals surface area contributed by atoms with Crippen LogP contribution in [0.25, 0.3) is 22.2 Å². The number of halogens is 1. The molecule has 33 heavy (non-hydrogen) atoms. The molecule has 0 spiro atoms. The van der Waals surface area contributed by atoms with Gasteiger partial charge in [-0.2, -0.15) is 4.39 Å². The molecule has 172 valence electrons. The predicted molar refractivity (Wildman–Crippen MR) is 120 cm³/mol. The number of piperidine rings is 1. The lowest BCUT2D eigenvalue weighted by Crippen LogP contribution is -2.53. The third-order valence-electron chi connectivity index (χ3n) is 8.05. The van der Waals surface area contributed by atoms with Gasteiger partial charge in [-0.1, -0.05) is 18.6 Å². The summed E-state index contributed by atoms with van der Waals surface area (Å²) < 4.78 is 18.8. The Morgan fingerprint density at radius 2 is 1.97 bits per heavy atom. The number of aliphatic carboxylic acids is 1. The molecule has 6 rings (SSSR count). The van der Waals surface area contributed by atoms with Gasteiger partial charge in [-0.05, 0) is 61.6 Å². The molecule has 5 unspecified atom stereocenters. The first kappa shape index (κ1) is 20.5. The van der Waals surface area contributed by atoms with Crippen LogP contribution < -0.4 is 0 Å². The molecule has 1 aromatic carbocycles. The largest absolute Gasteiger partial charge is 0.481 e. The highest BCUT2D eigenvalue weighted by atomic mass is 19.1. The molecule has 1 amide bonds. The number of nitrogens with zero attached hydrogens (tertiary/aromatic N) is 1. The fourth-order valence-electron chi connectivity index (χ4n) is 6.46. The molecule has 3 aliphatic rings. The topological polar surface area (TPSA) is 86.5 Å². The van der Waals surface area contributed by atoms with Crippen LogP contribution in [0.4, 0.5) is 4.39 Å². The van der Waals surface area contributed by atoms with E-state index < -0.39 is 12.0 Å². The Labute approximate surface area is 190 Å². The van der Waals surface area contributed by atoms with Crippen LogP contribution in [0, 0.1) is 23.8 Å². The molecule has 6 nitrogen and oxygen atoms in total. The number of carbonyl (C=O) groups is 2. The van der Waals surface area contributed by atoms with Crippen molar-refractivity contribution in [2.75, 3.05) is 6.54 Å². The number of hydrogen-bond acceptors (Lipinski definition) is 3. The summed E-state index contributed by atoms with van der Waals surface area (Å²) in [5, 5.41) is 10.7. The zero-order valence-corrected chi connectivity index (χ0v) is 18.3. The standard InChI is InChI=1S/C26H27FN2O4/c27-23-10-9-22(33-23)16-5-1-7-20-24(16)19(13-28-20)17-12-18(17)25(30)29-11-3-6-14-15(26(31)32)4-2-8-21(14)29/h1,5,7,9-10,13-15,17-18,21,28H,2-4,6,8,11-12H2,(H,31,32). The van der Waals surface area contributed by atoms with Crippen LogP contribution in [-0.2, 0) is 9.59 Å². The van der Waals surface area contributed by atoms with Crippen LogP contribution in [0.15, 0.2) is 40.9 Å². The van der Waals surface area contributed by atoms with E-state index in [1.165, 1.54) is 6.07 Å². The summed E-state index contributed by atoms with van der Waals surface area (Å²) in [6.45, 7) is 0.723. The molecule has 5 atom stereocenters. The average Bonchev–Trinajstić information content (AvgIpc) is 3.29. The fraction of sp³-hybridized carbons (Fsp3) is 0.462. The minimum Gasteiger partial charge on any atom is -0.481 e. The summed E-state index contributed by atoms with van der Waals surface area (Å²) in [5.74, 6) is -0.330. The summed E-state index contributed by atoms with van der Waals surface area (Å²) in [7, 11) is 0. The molecular weight excluding hydrogens is 423 g/mol. The van der Waals surface area contributed by atoms with E-state index >= 15 is 0 Å². The molecule has 3 fully saturated rings. The van der Waals surface area contributed by atoms with E-state index in [1.807, 2.05) is 29.3 Å². The lowest BCUT2D eigenvalue weighted by Gasteiger charge is -2.46. The molecule has 3 heterocycles. The zero-order valence-electron chi connectivity index (χ0n) is 18.3. The van der Waals surface area contributed by atoms with Crippen molar-refractivity contribution in [3.63, 3.8) is 0 Å². The number of likely N-dealkylation sites (tertiary alicyclic amines) is 1. The van der Waals surface area contributed by atoms with Gasteiger partial charge in [-0.3, -0.25) is 9.59 Å². The van der Waals surface area contributed by atoms with Gasteiger partial charge in [0.1, 0.15) is 5.76 Å². The highest BCUT2D eigenvalue weighted by molar-refractivity contribution is 5.98. The molecule has 1 saturated heterocycles. The van der Waals surface area contributed by atoms with Gasteiger partial charge in [-0.15, -0.1) is 0 Å². The zero-order chi connectivity index (χ0) is 22.7. The summed E-state index contributed by atoms with van der Waals surface area (Å²) in [5.41, 5.74) is 2.82. The molecule has 7 heteroatoms. The summed E-state index contributed by atoms with van der Waals surface area (Å²) in [6, 6.07) is 8.17. The number of fused-ring (bicyclic) bond motifs is 2. The van der Waals surface area contributed by atoms with Crippen molar-refractivity contribution in [2.45, 2.75) is 50.5 Å². The van der Waals surface area contributed by atoms with Crippen molar-refractivity contribution >= 4 is 22.8 Å². The molecule has 1 aliphatic heterocycles. The van der Waals surface area contributed by atoms with Crippen LogP contribution in [0.3, 0.4) is 0 Å². The first-order valence-corrected chi connectivity index (χ1v) is 11.9. The number of amides is 1. The maximum atomic E-state index is 13.6. The van der Waals surface area contributed by atoms with E-state index in [-0.39, 0.29) is 35.6 Å². The predicted octanol–water partition coefficient (Wildman–Crippen LogP) is 5.16. The number of aromatic nitrogens is 1. The molecule has 2 saturated carbocycles. The quantitative estimate of drug-likeness (QED) is 0.575. The molecule has 0 bridgehead atoms. The van der Waals surface area contributed by atoms with Gasteiger partial charge >= 0.3 is 5.97 Å². The van der Waals surface area contributed by atoms with Crippen molar-refractivity contribution < 1.29 is 23.5 Å². The van der Waals surface area contributed by atoms with Crippen LogP contribution >= 0.6 is 0 Å².